The lowest BCUT2D eigenvalue weighted by molar-refractivity contribution is 0.108. The Bertz CT molecular complexity index is 191. The average Bonchev–Trinajstić information content (AvgIpc) is 2.44. The number of ether oxygens (including phenoxy) is 1. The van der Waals surface area contributed by atoms with Gasteiger partial charge in [-0.3, -0.25) is 0 Å². The van der Waals surface area contributed by atoms with E-state index in [1.165, 1.54) is 0 Å². The molecule has 5 nitrogen and oxygen atoms in total. The largest absolute Gasteiger partial charge is 0.465 e. The first-order valence-corrected chi connectivity index (χ1v) is 5.49. The first-order valence-electron chi connectivity index (χ1n) is 5.49. The van der Waals surface area contributed by atoms with Crippen LogP contribution in [0.3, 0.4) is 0 Å². The van der Waals surface area contributed by atoms with Gasteiger partial charge in [-0.1, -0.05) is 6.42 Å². The molecule has 88 valence electrons. The summed E-state index contributed by atoms with van der Waals surface area (Å²) in [6.07, 6.45) is 3.16. The van der Waals surface area contributed by atoms with E-state index < -0.39 is 6.09 Å². The second kappa shape index (κ2) is 6.63. The predicted octanol–water partition coefficient (Wildman–Crippen LogP) is 0.788. The zero-order valence-electron chi connectivity index (χ0n) is 8.95. The van der Waals surface area contributed by atoms with Crippen LogP contribution < -0.4 is 11.1 Å². The molecule has 0 aromatic heterocycles. The Morgan fingerprint density at radius 1 is 1.60 bits per heavy atom. The summed E-state index contributed by atoms with van der Waals surface area (Å²) in [6.45, 7) is 1.91. The van der Waals surface area contributed by atoms with Crippen LogP contribution in [0.5, 0.6) is 0 Å². The number of hydrogen-bond acceptors (Lipinski definition) is 3. The van der Waals surface area contributed by atoms with Gasteiger partial charge in [0.1, 0.15) is 0 Å². The minimum absolute atomic E-state index is 0.144. The monoisotopic (exact) mass is 216 g/mol. The van der Waals surface area contributed by atoms with Gasteiger partial charge in [-0.2, -0.15) is 0 Å². The van der Waals surface area contributed by atoms with Crippen LogP contribution in [0.25, 0.3) is 0 Å². The Labute approximate surface area is 90.0 Å². The average molecular weight is 216 g/mol. The van der Waals surface area contributed by atoms with Gasteiger partial charge in [0.05, 0.1) is 0 Å². The van der Waals surface area contributed by atoms with E-state index in [0.29, 0.717) is 12.5 Å². The molecule has 5 heteroatoms. The fourth-order valence-electron chi connectivity index (χ4n) is 1.95. The number of rotatable bonds is 4. The molecule has 1 saturated heterocycles. The Morgan fingerprint density at radius 3 is 3.07 bits per heavy atom. The molecule has 15 heavy (non-hydrogen) atoms. The fraction of sp³-hybridized carbons (Fsp3) is 0.900. The smallest absolute Gasteiger partial charge is 0.404 e. The first kappa shape index (κ1) is 12.3. The van der Waals surface area contributed by atoms with Crippen LogP contribution >= 0.6 is 0 Å². The van der Waals surface area contributed by atoms with E-state index >= 15 is 0 Å². The molecule has 0 radical (unpaired) electrons. The van der Waals surface area contributed by atoms with Crippen molar-refractivity contribution in [3.63, 3.8) is 0 Å². The highest BCUT2D eigenvalue weighted by Gasteiger charge is 2.18. The van der Waals surface area contributed by atoms with Crippen molar-refractivity contribution in [2.24, 2.45) is 11.7 Å². The molecule has 0 aromatic rings. The van der Waals surface area contributed by atoms with Crippen molar-refractivity contribution in [3.05, 3.63) is 0 Å². The third-order valence-corrected chi connectivity index (χ3v) is 2.73. The third-order valence-electron chi connectivity index (χ3n) is 2.73. The van der Waals surface area contributed by atoms with Gasteiger partial charge < -0.3 is 20.9 Å². The second-order valence-corrected chi connectivity index (χ2v) is 4.05. The van der Waals surface area contributed by atoms with Crippen LogP contribution in [-0.2, 0) is 4.74 Å². The quantitative estimate of drug-likeness (QED) is 0.648. The molecule has 0 bridgehead atoms. The van der Waals surface area contributed by atoms with Crippen molar-refractivity contribution >= 4 is 6.09 Å². The minimum Gasteiger partial charge on any atom is -0.465 e. The second-order valence-electron chi connectivity index (χ2n) is 4.05. The molecule has 0 saturated carbocycles. The summed E-state index contributed by atoms with van der Waals surface area (Å²) in [5.41, 5.74) is 5.51. The van der Waals surface area contributed by atoms with Crippen molar-refractivity contribution in [2.45, 2.75) is 31.7 Å². The van der Waals surface area contributed by atoms with Gasteiger partial charge in [0.15, 0.2) is 0 Å². The summed E-state index contributed by atoms with van der Waals surface area (Å²) in [7, 11) is 0. The Morgan fingerprint density at radius 2 is 2.40 bits per heavy atom. The van der Waals surface area contributed by atoms with E-state index in [1.807, 2.05) is 0 Å². The summed E-state index contributed by atoms with van der Waals surface area (Å²) < 4.78 is 5.44. The van der Waals surface area contributed by atoms with E-state index in [-0.39, 0.29) is 6.04 Å². The van der Waals surface area contributed by atoms with Crippen LogP contribution in [-0.4, -0.2) is 37.0 Å². The molecule has 2 atom stereocenters. The molecule has 0 aromatic carbocycles. The van der Waals surface area contributed by atoms with Gasteiger partial charge in [0.2, 0.25) is 0 Å². The molecule has 0 unspecified atom stereocenters. The summed E-state index contributed by atoms with van der Waals surface area (Å²) >= 11 is 0. The molecular weight excluding hydrogens is 196 g/mol. The summed E-state index contributed by atoms with van der Waals surface area (Å²) in [6, 6.07) is -0.144. The van der Waals surface area contributed by atoms with Gasteiger partial charge in [-0.25, -0.2) is 4.79 Å². The van der Waals surface area contributed by atoms with Gasteiger partial charge in [-0.05, 0) is 25.2 Å². The molecule has 1 aliphatic rings. The van der Waals surface area contributed by atoms with Crippen LogP contribution in [0, 0.1) is 5.92 Å². The molecule has 1 aliphatic heterocycles. The number of nitrogens with one attached hydrogen (secondary N) is 1. The van der Waals surface area contributed by atoms with Crippen molar-refractivity contribution in [1.29, 1.82) is 0 Å². The third kappa shape index (κ3) is 4.99. The molecule has 4 N–H and O–H groups in total. The van der Waals surface area contributed by atoms with Crippen molar-refractivity contribution in [3.8, 4) is 0 Å². The lowest BCUT2D eigenvalue weighted by atomic mass is 9.96. The van der Waals surface area contributed by atoms with Crippen LogP contribution in [0.2, 0.25) is 0 Å². The lowest BCUT2D eigenvalue weighted by Gasteiger charge is -2.20. The van der Waals surface area contributed by atoms with Gasteiger partial charge in [0, 0.05) is 25.8 Å². The summed E-state index contributed by atoms with van der Waals surface area (Å²) in [4.78, 5) is 10.5. The van der Waals surface area contributed by atoms with Crippen molar-refractivity contribution in [1.82, 2.24) is 5.32 Å². The van der Waals surface area contributed by atoms with E-state index in [0.717, 1.165) is 38.9 Å². The molecule has 1 amide bonds. The maximum absolute atomic E-state index is 10.5. The minimum atomic E-state index is -1.00. The summed E-state index contributed by atoms with van der Waals surface area (Å²) in [5, 5.41) is 11.0. The lowest BCUT2D eigenvalue weighted by Crippen LogP contribution is -2.41. The van der Waals surface area contributed by atoms with Crippen LogP contribution in [0.1, 0.15) is 25.7 Å². The van der Waals surface area contributed by atoms with Crippen molar-refractivity contribution < 1.29 is 14.6 Å². The number of hydrogen-bond donors (Lipinski definition) is 3. The number of carbonyl (C=O) groups is 1. The van der Waals surface area contributed by atoms with Crippen LogP contribution in [0.15, 0.2) is 0 Å². The zero-order valence-corrected chi connectivity index (χ0v) is 8.95. The van der Waals surface area contributed by atoms with Gasteiger partial charge >= 0.3 is 6.09 Å². The molecule has 0 spiro atoms. The molecular formula is C10H20N2O3. The SMILES string of the molecule is NC[C@H](C[C@H]1CCCCOC1)NC(=O)O. The maximum Gasteiger partial charge on any atom is 0.404 e. The van der Waals surface area contributed by atoms with E-state index in [2.05, 4.69) is 5.32 Å². The van der Waals surface area contributed by atoms with Crippen molar-refractivity contribution in [2.75, 3.05) is 19.8 Å². The Balaban J connectivity index is 2.31. The Kier molecular flexibility index (Phi) is 5.42. The molecule has 1 heterocycles. The summed E-state index contributed by atoms with van der Waals surface area (Å²) in [5.74, 6) is 0.438. The van der Waals surface area contributed by atoms with Crippen LogP contribution in [0.4, 0.5) is 4.79 Å². The Hall–Kier alpha value is -0.810. The molecule has 0 aliphatic carbocycles. The fourth-order valence-corrected chi connectivity index (χ4v) is 1.95. The highest BCUT2D eigenvalue weighted by molar-refractivity contribution is 5.64. The number of amides is 1. The number of carboxylic acid groups (broad SMARTS) is 1. The number of nitrogens with two attached hydrogens (primary N) is 1. The van der Waals surface area contributed by atoms with E-state index in [4.69, 9.17) is 15.6 Å². The molecule has 1 fully saturated rings. The standard InChI is InChI=1S/C10H20N2O3/c11-6-9(12-10(13)14)5-8-3-1-2-4-15-7-8/h8-9,12H,1-7,11H2,(H,13,14)/t8-,9+/m1/s1. The van der Waals surface area contributed by atoms with Gasteiger partial charge in [-0.15, -0.1) is 0 Å². The predicted molar refractivity (Wildman–Crippen MR) is 56.8 cm³/mol. The zero-order chi connectivity index (χ0) is 11.1. The first-order chi connectivity index (χ1) is 7.22. The topological polar surface area (TPSA) is 84.6 Å². The maximum atomic E-state index is 10.5. The van der Waals surface area contributed by atoms with E-state index in [1.54, 1.807) is 0 Å². The highest BCUT2D eigenvalue weighted by atomic mass is 16.5. The molecule has 1 rings (SSSR count). The van der Waals surface area contributed by atoms with E-state index in [9.17, 15) is 4.79 Å². The van der Waals surface area contributed by atoms with Gasteiger partial charge in [0.25, 0.3) is 0 Å². The highest BCUT2D eigenvalue weighted by Crippen LogP contribution is 2.18. The normalized spacial score (nSPS) is 24.2.